The maximum Gasteiger partial charge on any atom is 0.264 e. The standard InChI is InChI=1S/C13H18BrN3O2.ClH/c1-17-7-9(6-10(14)13(17)19)16-12(18)5-8-3-2-4-11(8)15;/h6-8,11H,2-5,15H2,1H3,(H,16,18);1H/t8-,11+;/m0./s1. The van der Waals surface area contributed by atoms with Crippen LogP contribution < -0.4 is 16.6 Å². The van der Waals surface area contributed by atoms with Crippen molar-refractivity contribution in [1.82, 2.24) is 4.57 Å². The minimum Gasteiger partial charge on any atom is -0.327 e. The molecule has 0 spiro atoms. The van der Waals surface area contributed by atoms with Gasteiger partial charge in [-0.25, -0.2) is 0 Å². The van der Waals surface area contributed by atoms with Crippen LogP contribution in [0.2, 0.25) is 0 Å². The zero-order valence-electron chi connectivity index (χ0n) is 11.3. The molecule has 1 aromatic rings. The number of nitrogens with zero attached hydrogens (tertiary/aromatic N) is 1. The first-order valence-electron chi connectivity index (χ1n) is 6.39. The number of pyridine rings is 1. The number of aromatic nitrogens is 1. The van der Waals surface area contributed by atoms with E-state index < -0.39 is 0 Å². The molecule has 1 aromatic heterocycles. The maximum absolute atomic E-state index is 12.0. The smallest absolute Gasteiger partial charge is 0.264 e. The number of nitrogens with two attached hydrogens (primary N) is 1. The normalized spacial score (nSPS) is 21.4. The predicted octanol–water partition coefficient (Wildman–Crippen LogP) is 2.03. The molecule has 3 N–H and O–H groups in total. The van der Waals surface area contributed by atoms with Gasteiger partial charge in [0.05, 0.1) is 10.2 Å². The van der Waals surface area contributed by atoms with Crippen molar-refractivity contribution in [3.05, 3.63) is 27.1 Å². The van der Waals surface area contributed by atoms with Gasteiger partial charge in [0, 0.05) is 25.7 Å². The van der Waals surface area contributed by atoms with E-state index in [0.29, 0.717) is 16.6 Å². The molecule has 20 heavy (non-hydrogen) atoms. The van der Waals surface area contributed by atoms with Gasteiger partial charge in [0.2, 0.25) is 5.91 Å². The minimum absolute atomic E-state index is 0. The second-order valence-electron chi connectivity index (χ2n) is 5.10. The highest BCUT2D eigenvalue weighted by molar-refractivity contribution is 9.10. The molecule has 0 saturated heterocycles. The number of rotatable bonds is 3. The lowest BCUT2D eigenvalue weighted by atomic mass is 10.00. The van der Waals surface area contributed by atoms with Crippen molar-refractivity contribution in [2.45, 2.75) is 31.7 Å². The van der Waals surface area contributed by atoms with Crippen molar-refractivity contribution >= 4 is 39.9 Å². The highest BCUT2D eigenvalue weighted by atomic mass is 79.9. The van der Waals surface area contributed by atoms with E-state index in [-0.39, 0.29) is 35.8 Å². The molecule has 1 heterocycles. The van der Waals surface area contributed by atoms with Gasteiger partial charge in [-0.15, -0.1) is 12.4 Å². The summed E-state index contributed by atoms with van der Waals surface area (Å²) in [6.45, 7) is 0. The van der Waals surface area contributed by atoms with Crippen LogP contribution in [0, 0.1) is 5.92 Å². The molecular formula is C13H19BrClN3O2. The van der Waals surface area contributed by atoms with Crippen LogP contribution in [-0.2, 0) is 11.8 Å². The molecule has 1 amide bonds. The summed E-state index contributed by atoms with van der Waals surface area (Å²) < 4.78 is 1.87. The molecule has 1 saturated carbocycles. The molecule has 0 radical (unpaired) electrons. The maximum atomic E-state index is 12.0. The lowest BCUT2D eigenvalue weighted by Gasteiger charge is -2.15. The number of aryl methyl sites for hydroxylation is 1. The summed E-state index contributed by atoms with van der Waals surface area (Å²) in [5.74, 6) is 0.226. The Kier molecular flexibility index (Phi) is 6.23. The van der Waals surface area contributed by atoms with Crippen LogP contribution in [-0.4, -0.2) is 16.5 Å². The summed E-state index contributed by atoms with van der Waals surface area (Å²) in [6.07, 6.45) is 5.18. The second kappa shape index (κ2) is 7.24. The van der Waals surface area contributed by atoms with Gasteiger partial charge in [0.1, 0.15) is 0 Å². The fraction of sp³-hybridized carbons (Fsp3) is 0.538. The average Bonchev–Trinajstić information content (AvgIpc) is 2.72. The number of anilines is 1. The van der Waals surface area contributed by atoms with Crippen LogP contribution in [0.15, 0.2) is 21.5 Å². The molecule has 2 atom stereocenters. The average molecular weight is 365 g/mol. The van der Waals surface area contributed by atoms with Crippen LogP contribution in [0.1, 0.15) is 25.7 Å². The van der Waals surface area contributed by atoms with Crippen molar-refractivity contribution in [3.8, 4) is 0 Å². The molecule has 1 aliphatic carbocycles. The monoisotopic (exact) mass is 363 g/mol. The quantitative estimate of drug-likeness (QED) is 0.861. The summed E-state index contributed by atoms with van der Waals surface area (Å²) in [4.78, 5) is 23.5. The van der Waals surface area contributed by atoms with Gasteiger partial charge in [0.25, 0.3) is 5.56 Å². The fourth-order valence-corrected chi connectivity index (χ4v) is 3.04. The minimum atomic E-state index is -0.129. The van der Waals surface area contributed by atoms with Crippen molar-refractivity contribution in [3.63, 3.8) is 0 Å². The van der Waals surface area contributed by atoms with Crippen LogP contribution in [0.25, 0.3) is 0 Å². The molecule has 0 bridgehead atoms. The number of hydrogen-bond donors (Lipinski definition) is 2. The molecular weight excluding hydrogens is 346 g/mol. The number of carbonyl (C=O) groups excluding carboxylic acids is 1. The van der Waals surface area contributed by atoms with Gasteiger partial charge in [-0.2, -0.15) is 0 Å². The van der Waals surface area contributed by atoms with Crippen molar-refractivity contribution in [2.75, 3.05) is 5.32 Å². The SMILES string of the molecule is Cl.Cn1cc(NC(=O)C[C@@H]2CCC[C@H]2N)cc(Br)c1=O. The van der Waals surface area contributed by atoms with Gasteiger partial charge < -0.3 is 15.6 Å². The zero-order chi connectivity index (χ0) is 14.0. The van der Waals surface area contributed by atoms with Crippen LogP contribution >= 0.6 is 28.3 Å². The summed E-state index contributed by atoms with van der Waals surface area (Å²) in [5, 5.41) is 2.81. The van der Waals surface area contributed by atoms with E-state index in [9.17, 15) is 9.59 Å². The van der Waals surface area contributed by atoms with E-state index in [2.05, 4.69) is 21.2 Å². The highest BCUT2D eigenvalue weighted by Gasteiger charge is 2.26. The first-order chi connectivity index (χ1) is 8.97. The number of amides is 1. The largest absolute Gasteiger partial charge is 0.327 e. The number of carbonyl (C=O) groups is 1. The third-order valence-electron chi connectivity index (χ3n) is 3.59. The van der Waals surface area contributed by atoms with Gasteiger partial charge in [-0.05, 0) is 40.8 Å². The summed E-state index contributed by atoms with van der Waals surface area (Å²) in [5.41, 5.74) is 6.44. The van der Waals surface area contributed by atoms with Gasteiger partial charge in [0.15, 0.2) is 0 Å². The van der Waals surface area contributed by atoms with Crippen LogP contribution in [0.4, 0.5) is 5.69 Å². The number of hydrogen-bond acceptors (Lipinski definition) is 3. The Morgan fingerprint density at radius 3 is 2.80 bits per heavy atom. The third kappa shape index (κ3) is 4.07. The van der Waals surface area contributed by atoms with E-state index in [1.54, 1.807) is 19.3 Å². The van der Waals surface area contributed by atoms with Crippen LogP contribution in [0.3, 0.4) is 0 Å². The van der Waals surface area contributed by atoms with Gasteiger partial charge >= 0.3 is 0 Å². The molecule has 1 aliphatic rings. The first-order valence-corrected chi connectivity index (χ1v) is 7.18. The van der Waals surface area contributed by atoms with Gasteiger partial charge in [-0.1, -0.05) is 6.42 Å². The van der Waals surface area contributed by atoms with Gasteiger partial charge in [-0.3, -0.25) is 9.59 Å². The van der Waals surface area contributed by atoms with Crippen molar-refractivity contribution in [1.29, 1.82) is 0 Å². The highest BCUT2D eigenvalue weighted by Crippen LogP contribution is 2.27. The molecule has 2 rings (SSSR count). The molecule has 0 aliphatic heterocycles. The Balaban J connectivity index is 0.00000200. The lowest BCUT2D eigenvalue weighted by molar-refractivity contribution is -0.117. The summed E-state index contributed by atoms with van der Waals surface area (Å²) >= 11 is 3.18. The van der Waals surface area contributed by atoms with E-state index >= 15 is 0 Å². The lowest BCUT2D eigenvalue weighted by Crippen LogP contribution is -2.28. The Hall–Kier alpha value is -0.850. The molecule has 7 heteroatoms. The van der Waals surface area contributed by atoms with Crippen molar-refractivity contribution < 1.29 is 4.79 Å². The van der Waals surface area contributed by atoms with Crippen molar-refractivity contribution in [2.24, 2.45) is 18.7 Å². The molecule has 112 valence electrons. The first kappa shape index (κ1) is 17.2. The number of halogens is 2. The third-order valence-corrected chi connectivity index (χ3v) is 4.16. The van der Waals surface area contributed by atoms with E-state index in [4.69, 9.17) is 5.73 Å². The predicted molar refractivity (Wildman–Crippen MR) is 85.2 cm³/mol. The van der Waals surface area contributed by atoms with E-state index in [1.807, 2.05) is 0 Å². The fourth-order valence-electron chi connectivity index (χ4n) is 2.51. The second-order valence-corrected chi connectivity index (χ2v) is 5.95. The Bertz CT molecular complexity index is 521. The summed E-state index contributed by atoms with van der Waals surface area (Å²) in [7, 11) is 1.65. The Morgan fingerprint density at radius 1 is 1.55 bits per heavy atom. The molecule has 0 unspecified atom stereocenters. The molecule has 0 aromatic carbocycles. The zero-order valence-corrected chi connectivity index (χ0v) is 13.7. The molecule has 5 nitrogen and oxygen atoms in total. The van der Waals surface area contributed by atoms with E-state index in [1.165, 1.54) is 4.57 Å². The topological polar surface area (TPSA) is 77.1 Å². The van der Waals surface area contributed by atoms with Crippen LogP contribution in [0.5, 0.6) is 0 Å². The number of nitrogens with one attached hydrogen (secondary N) is 1. The molecule has 1 fully saturated rings. The van der Waals surface area contributed by atoms with E-state index in [0.717, 1.165) is 19.3 Å². The Labute approximate surface area is 132 Å². The summed E-state index contributed by atoms with van der Waals surface area (Å²) in [6, 6.07) is 1.76. The Morgan fingerprint density at radius 2 is 2.25 bits per heavy atom.